The molecule has 1 saturated heterocycles. The lowest BCUT2D eigenvalue weighted by Gasteiger charge is -2.34. The molecule has 1 atom stereocenters. The van der Waals surface area contributed by atoms with Gasteiger partial charge >= 0.3 is 0 Å². The summed E-state index contributed by atoms with van der Waals surface area (Å²) in [6.45, 7) is 5.29. The summed E-state index contributed by atoms with van der Waals surface area (Å²) in [6.07, 6.45) is 3.51. The molecule has 1 aromatic rings. The number of hydrogen-bond donors (Lipinski definition) is 2. The van der Waals surface area contributed by atoms with Gasteiger partial charge in [-0.2, -0.15) is 0 Å². The number of amides is 1. The Balaban J connectivity index is 0. The van der Waals surface area contributed by atoms with Crippen LogP contribution in [0.2, 0.25) is 0 Å². The molecular weight excluding hydrogens is 391 g/mol. The second-order valence-electron chi connectivity index (χ2n) is 5.23. The molecule has 0 spiro atoms. The Bertz CT molecular complexity index is 463. The Hall–Kier alpha value is -0.900. The zero-order valence-corrected chi connectivity index (χ0v) is 16.6. The Morgan fingerprint density at radius 2 is 1.84 bits per heavy atom. The van der Waals surface area contributed by atoms with E-state index in [4.69, 9.17) is 10.5 Å². The number of nitrogens with two attached hydrogens (primary N) is 1. The van der Waals surface area contributed by atoms with Crippen molar-refractivity contribution in [1.29, 1.82) is 0 Å². The fraction of sp³-hybridized carbons (Fsp3) is 0.643. The summed E-state index contributed by atoms with van der Waals surface area (Å²) in [5.41, 5.74) is 5.66. The number of piperazine rings is 1. The van der Waals surface area contributed by atoms with Crippen molar-refractivity contribution in [1.82, 2.24) is 20.2 Å². The lowest BCUT2D eigenvalue weighted by molar-refractivity contribution is -0.123. The number of hydrogen-bond acceptors (Lipinski definition) is 7. The van der Waals surface area contributed by atoms with Gasteiger partial charge in [-0.15, -0.1) is 37.2 Å². The number of halogens is 3. The van der Waals surface area contributed by atoms with Crippen LogP contribution in [0.5, 0.6) is 0 Å². The van der Waals surface area contributed by atoms with Crippen molar-refractivity contribution in [3.8, 4) is 0 Å². The second-order valence-corrected chi connectivity index (χ2v) is 5.23. The Morgan fingerprint density at radius 1 is 1.24 bits per heavy atom. The summed E-state index contributed by atoms with van der Waals surface area (Å²) >= 11 is 0. The van der Waals surface area contributed by atoms with E-state index in [9.17, 15) is 4.79 Å². The monoisotopic (exact) mass is 416 g/mol. The van der Waals surface area contributed by atoms with E-state index in [1.807, 2.05) is 6.07 Å². The van der Waals surface area contributed by atoms with Crippen LogP contribution in [-0.2, 0) is 9.53 Å². The fourth-order valence-electron chi connectivity index (χ4n) is 2.35. The molecule has 1 amide bonds. The first kappa shape index (κ1) is 26.3. The van der Waals surface area contributed by atoms with Gasteiger partial charge in [0.25, 0.3) is 0 Å². The predicted octanol–water partition coefficient (Wildman–Crippen LogP) is -0.0461. The molecule has 1 fully saturated rings. The number of nitrogens with one attached hydrogen (secondary N) is 1. The minimum absolute atomic E-state index is 0. The van der Waals surface area contributed by atoms with Crippen molar-refractivity contribution in [3.05, 3.63) is 18.5 Å². The van der Waals surface area contributed by atoms with E-state index in [-0.39, 0.29) is 49.7 Å². The molecule has 8 nitrogen and oxygen atoms in total. The van der Waals surface area contributed by atoms with Gasteiger partial charge in [0.05, 0.1) is 6.61 Å². The number of ether oxygens (including phenoxy) is 1. The van der Waals surface area contributed by atoms with Gasteiger partial charge < -0.3 is 20.7 Å². The molecule has 146 valence electrons. The van der Waals surface area contributed by atoms with Crippen molar-refractivity contribution in [2.75, 3.05) is 57.9 Å². The highest BCUT2D eigenvalue weighted by Gasteiger charge is 2.19. The summed E-state index contributed by atoms with van der Waals surface area (Å²) in [7, 11) is 1.53. The topological polar surface area (TPSA) is 96.6 Å². The van der Waals surface area contributed by atoms with Crippen LogP contribution in [0.1, 0.15) is 0 Å². The molecule has 25 heavy (non-hydrogen) atoms. The third-order valence-electron chi connectivity index (χ3n) is 3.62. The third kappa shape index (κ3) is 8.84. The van der Waals surface area contributed by atoms with E-state index in [1.165, 1.54) is 7.11 Å². The number of anilines is 1. The molecule has 0 bridgehead atoms. The van der Waals surface area contributed by atoms with Gasteiger partial charge in [-0.3, -0.25) is 9.69 Å². The third-order valence-corrected chi connectivity index (χ3v) is 3.62. The molecule has 11 heteroatoms. The minimum Gasteiger partial charge on any atom is -0.383 e. The van der Waals surface area contributed by atoms with Crippen LogP contribution >= 0.6 is 37.2 Å². The summed E-state index contributed by atoms with van der Waals surface area (Å²) in [5, 5.41) is 2.83. The Kier molecular flexibility index (Phi) is 15.0. The summed E-state index contributed by atoms with van der Waals surface area (Å²) in [5.74, 6) is 0.610. The van der Waals surface area contributed by atoms with Crippen molar-refractivity contribution < 1.29 is 9.53 Å². The van der Waals surface area contributed by atoms with E-state index in [2.05, 4.69) is 25.1 Å². The molecule has 1 aliphatic heterocycles. The highest BCUT2D eigenvalue weighted by molar-refractivity contribution is 5.86. The normalized spacial score (nSPS) is 15.2. The van der Waals surface area contributed by atoms with Crippen molar-refractivity contribution >= 4 is 49.1 Å². The molecule has 1 aliphatic rings. The lowest BCUT2D eigenvalue weighted by Crippen LogP contribution is -2.50. The summed E-state index contributed by atoms with van der Waals surface area (Å²) < 4.78 is 4.86. The second kappa shape index (κ2) is 14.3. The zero-order chi connectivity index (χ0) is 15.8. The molecule has 2 rings (SSSR count). The van der Waals surface area contributed by atoms with E-state index in [0.717, 1.165) is 38.7 Å². The highest BCUT2D eigenvalue weighted by atomic mass is 35.5. The van der Waals surface area contributed by atoms with E-state index < -0.39 is 6.04 Å². The van der Waals surface area contributed by atoms with Crippen LogP contribution in [-0.4, -0.2) is 79.8 Å². The van der Waals surface area contributed by atoms with Crippen LogP contribution < -0.4 is 16.0 Å². The predicted molar refractivity (Wildman–Crippen MR) is 105 cm³/mol. The standard InChI is InChI=1S/C14H24N6O2.3ClH/c1-22-11-12(15)13(21)16-5-6-19-7-9-20(10-8-19)14-17-3-2-4-18-14;;;/h2-4,12H,5-11,15H2,1H3,(H,16,21);3*1H. The van der Waals surface area contributed by atoms with E-state index >= 15 is 0 Å². The van der Waals surface area contributed by atoms with Crippen LogP contribution in [0.25, 0.3) is 0 Å². The van der Waals surface area contributed by atoms with Crippen LogP contribution in [0, 0.1) is 0 Å². The van der Waals surface area contributed by atoms with Crippen LogP contribution in [0.15, 0.2) is 18.5 Å². The SMILES string of the molecule is COCC(N)C(=O)NCCN1CCN(c2ncccn2)CC1.Cl.Cl.Cl. The fourth-order valence-corrected chi connectivity index (χ4v) is 2.35. The molecule has 3 N–H and O–H groups in total. The van der Waals surface area contributed by atoms with Crippen molar-refractivity contribution in [3.63, 3.8) is 0 Å². The highest BCUT2D eigenvalue weighted by Crippen LogP contribution is 2.08. The number of carbonyl (C=O) groups is 1. The van der Waals surface area contributed by atoms with Gasteiger partial charge in [-0.05, 0) is 6.07 Å². The number of aromatic nitrogens is 2. The Labute approximate surface area is 167 Å². The number of methoxy groups -OCH3 is 1. The van der Waals surface area contributed by atoms with E-state index in [0.29, 0.717) is 6.54 Å². The molecule has 1 aromatic heterocycles. The molecular formula is C14H27Cl3N6O2. The maximum atomic E-state index is 11.7. The molecule has 0 saturated carbocycles. The Morgan fingerprint density at radius 3 is 2.40 bits per heavy atom. The minimum atomic E-state index is -0.600. The largest absolute Gasteiger partial charge is 0.383 e. The van der Waals surface area contributed by atoms with Gasteiger partial charge in [0.1, 0.15) is 6.04 Å². The molecule has 2 heterocycles. The number of nitrogens with zero attached hydrogens (tertiary/aromatic N) is 4. The van der Waals surface area contributed by atoms with E-state index in [1.54, 1.807) is 12.4 Å². The van der Waals surface area contributed by atoms with Gasteiger partial charge in [-0.1, -0.05) is 0 Å². The average Bonchev–Trinajstić information content (AvgIpc) is 2.56. The van der Waals surface area contributed by atoms with Gasteiger partial charge in [0.15, 0.2) is 0 Å². The molecule has 0 radical (unpaired) electrons. The first-order valence-electron chi connectivity index (χ1n) is 7.47. The summed E-state index contributed by atoms with van der Waals surface area (Å²) in [4.78, 5) is 24.7. The maximum Gasteiger partial charge on any atom is 0.239 e. The first-order chi connectivity index (χ1) is 10.7. The number of rotatable bonds is 7. The summed E-state index contributed by atoms with van der Waals surface area (Å²) in [6, 6.07) is 1.22. The van der Waals surface area contributed by atoms with Crippen LogP contribution in [0.3, 0.4) is 0 Å². The maximum absolute atomic E-state index is 11.7. The quantitative estimate of drug-likeness (QED) is 0.642. The lowest BCUT2D eigenvalue weighted by atomic mass is 10.3. The smallest absolute Gasteiger partial charge is 0.239 e. The van der Waals surface area contributed by atoms with Crippen LogP contribution in [0.4, 0.5) is 5.95 Å². The average molecular weight is 418 g/mol. The van der Waals surface area contributed by atoms with Crippen molar-refractivity contribution in [2.24, 2.45) is 5.73 Å². The molecule has 0 aliphatic carbocycles. The first-order valence-corrected chi connectivity index (χ1v) is 7.47. The van der Waals surface area contributed by atoms with Crippen molar-refractivity contribution in [2.45, 2.75) is 6.04 Å². The molecule has 1 unspecified atom stereocenters. The van der Waals surface area contributed by atoms with Gasteiger partial charge in [0.2, 0.25) is 11.9 Å². The molecule has 0 aromatic carbocycles. The zero-order valence-electron chi connectivity index (χ0n) is 14.2. The van der Waals surface area contributed by atoms with Gasteiger partial charge in [-0.25, -0.2) is 9.97 Å². The van der Waals surface area contributed by atoms with Gasteiger partial charge in [0, 0.05) is 58.8 Å². The number of carbonyl (C=O) groups excluding carboxylic acids is 1.